The van der Waals surface area contributed by atoms with Crippen molar-refractivity contribution in [3.05, 3.63) is 64.2 Å². The summed E-state index contributed by atoms with van der Waals surface area (Å²) in [5.74, 6) is 1.78. The molecule has 0 atom stereocenters. The van der Waals surface area contributed by atoms with E-state index < -0.39 is 45.7 Å². The number of imide groups is 1. The number of nitrogens with two attached hydrogens (primary N) is 1. The van der Waals surface area contributed by atoms with E-state index in [1.165, 1.54) is 12.1 Å². The number of hydrogen-bond donors (Lipinski definition) is 1. The molecule has 0 fully saturated rings. The lowest BCUT2D eigenvalue weighted by Gasteiger charge is -2.16. The van der Waals surface area contributed by atoms with E-state index in [-0.39, 0.29) is 5.01 Å². The largest absolute Gasteiger partial charge is 0.417 e. The molecule has 1 aromatic carbocycles. The van der Waals surface area contributed by atoms with E-state index in [4.69, 9.17) is 17.4 Å². The van der Waals surface area contributed by atoms with Crippen molar-refractivity contribution >= 4 is 23.4 Å². The van der Waals surface area contributed by atoms with Crippen molar-refractivity contribution in [2.45, 2.75) is 6.18 Å². The van der Waals surface area contributed by atoms with Gasteiger partial charge in [-0.1, -0.05) is 23.7 Å². The molecule has 10 heteroatoms. The molecule has 0 spiro atoms. The highest BCUT2D eigenvalue weighted by atomic mass is 35.5. The topological polar surface area (TPSA) is 76.3 Å². The van der Waals surface area contributed by atoms with Crippen molar-refractivity contribution in [1.29, 1.82) is 0 Å². The van der Waals surface area contributed by atoms with E-state index in [2.05, 4.69) is 4.98 Å². The van der Waals surface area contributed by atoms with Gasteiger partial charge in [0.1, 0.15) is 11.0 Å². The van der Waals surface area contributed by atoms with Gasteiger partial charge in [-0.25, -0.2) is 20.2 Å². The van der Waals surface area contributed by atoms with Crippen LogP contribution in [0.4, 0.5) is 17.6 Å². The van der Waals surface area contributed by atoms with Crippen LogP contribution < -0.4 is 5.84 Å². The van der Waals surface area contributed by atoms with Gasteiger partial charge in [0.2, 0.25) is 0 Å². The summed E-state index contributed by atoms with van der Waals surface area (Å²) >= 11 is 5.60. The maximum Gasteiger partial charge on any atom is 0.417 e. The van der Waals surface area contributed by atoms with E-state index in [1.807, 2.05) is 0 Å². The summed E-state index contributed by atoms with van der Waals surface area (Å²) < 4.78 is 51.6. The third kappa shape index (κ3) is 3.52. The number of hydrazine groups is 1. The van der Waals surface area contributed by atoms with Crippen LogP contribution in [0.2, 0.25) is 5.15 Å². The Morgan fingerprint density at radius 2 is 1.71 bits per heavy atom. The summed E-state index contributed by atoms with van der Waals surface area (Å²) in [4.78, 5) is 27.4. The molecule has 0 saturated carbocycles. The Labute approximate surface area is 137 Å². The van der Waals surface area contributed by atoms with Crippen molar-refractivity contribution in [2.24, 2.45) is 5.84 Å². The smallest absolute Gasteiger partial charge is 0.267 e. The SMILES string of the molecule is NN(C(=O)c1ccccc1F)C(=O)c1cc(C(F)(F)F)cnc1Cl. The average molecular weight is 362 g/mol. The molecule has 0 bridgehead atoms. The van der Waals surface area contributed by atoms with Gasteiger partial charge >= 0.3 is 6.18 Å². The predicted octanol–water partition coefficient (Wildman–Crippen LogP) is 3.05. The first-order valence-electron chi connectivity index (χ1n) is 6.23. The van der Waals surface area contributed by atoms with Gasteiger partial charge in [-0.3, -0.25) is 9.59 Å². The van der Waals surface area contributed by atoms with E-state index in [9.17, 15) is 27.2 Å². The van der Waals surface area contributed by atoms with Crippen LogP contribution in [0.5, 0.6) is 0 Å². The van der Waals surface area contributed by atoms with E-state index >= 15 is 0 Å². The highest BCUT2D eigenvalue weighted by molar-refractivity contribution is 6.33. The van der Waals surface area contributed by atoms with Gasteiger partial charge in [0, 0.05) is 6.20 Å². The molecule has 0 aliphatic rings. The monoisotopic (exact) mass is 361 g/mol. The second-order valence-corrected chi connectivity index (χ2v) is 4.88. The van der Waals surface area contributed by atoms with Crippen LogP contribution in [0.15, 0.2) is 36.5 Å². The first kappa shape index (κ1) is 17.8. The molecule has 24 heavy (non-hydrogen) atoms. The fraction of sp³-hybridized carbons (Fsp3) is 0.0714. The van der Waals surface area contributed by atoms with E-state index in [1.54, 1.807) is 0 Å². The normalized spacial score (nSPS) is 11.2. The number of carbonyl (C=O) groups excluding carboxylic acids is 2. The molecule has 2 aromatic rings. The van der Waals surface area contributed by atoms with Gasteiger partial charge in [-0.15, -0.1) is 0 Å². The Morgan fingerprint density at radius 3 is 2.29 bits per heavy atom. The van der Waals surface area contributed by atoms with Crippen molar-refractivity contribution in [3.63, 3.8) is 0 Å². The highest BCUT2D eigenvalue weighted by Gasteiger charge is 2.33. The molecular formula is C14H8ClF4N3O2. The summed E-state index contributed by atoms with van der Waals surface area (Å²) in [6, 6.07) is 5.07. The van der Waals surface area contributed by atoms with Crippen molar-refractivity contribution in [1.82, 2.24) is 9.99 Å². The summed E-state index contributed by atoms with van der Waals surface area (Å²) in [6.45, 7) is 0. The number of pyridine rings is 1. The molecule has 0 unspecified atom stereocenters. The van der Waals surface area contributed by atoms with Gasteiger partial charge in [0.15, 0.2) is 0 Å². The number of aromatic nitrogens is 1. The Balaban J connectivity index is 2.38. The Hall–Kier alpha value is -2.52. The molecule has 126 valence electrons. The number of rotatable bonds is 2. The Bertz CT molecular complexity index is 811. The maximum atomic E-state index is 13.6. The zero-order chi connectivity index (χ0) is 18.1. The standard InChI is InChI=1S/C14H8ClF4N3O2/c15-11-9(5-7(6-21-11)14(17,18)19)13(24)22(20)12(23)8-3-1-2-4-10(8)16/h1-6H,20H2. The molecule has 5 nitrogen and oxygen atoms in total. The minimum atomic E-state index is -4.78. The molecule has 2 N–H and O–H groups in total. The molecule has 0 radical (unpaired) electrons. The van der Waals surface area contributed by atoms with Crippen LogP contribution in [0.1, 0.15) is 26.3 Å². The predicted molar refractivity (Wildman–Crippen MR) is 75.3 cm³/mol. The highest BCUT2D eigenvalue weighted by Crippen LogP contribution is 2.31. The fourth-order valence-electron chi connectivity index (χ4n) is 1.74. The van der Waals surface area contributed by atoms with Crippen LogP contribution in [0, 0.1) is 5.82 Å². The molecule has 0 aliphatic heterocycles. The van der Waals surface area contributed by atoms with Crippen LogP contribution in [-0.4, -0.2) is 21.8 Å². The molecule has 0 saturated heterocycles. The molecular weight excluding hydrogens is 354 g/mol. The molecule has 2 rings (SSSR count). The van der Waals surface area contributed by atoms with Crippen molar-refractivity contribution in [3.8, 4) is 0 Å². The van der Waals surface area contributed by atoms with Crippen LogP contribution in [0.3, 0.4) is 0 Å². The summed E-state index contributed by atoms with van der Waals surface area (Å²) in [5, 5.41) is -0.605. The van der Waals surface area contributed by atoms with Gasteiger partial charge in [-0.05, 0) is 18.2 Å². The fourth-order valence-corrected chi connectivity index (χ4v) is 1.92. The van der Waals surface area contributed by atoms with Crippen molar-refractivity contribution in [2.75, 3.05) is 0 Å². The molecule has 1 aromatic heterocycles. The Kier molecular flexibility index (Phi) is 4.86. The number of nitrogens with zero attached hydrogens (tertiary/aromatic N) is 2. The zero-order valence-corrected chi connectivity index (χ0v) is 12.4. The van der Waals surface area contributed by atoms with Gasteiger partial charge in [-0.2, -0.15) is 13.2 Å². The second-order valence-electron chi connectivity index (χ2n) is 4.52. The van der Waals surface area contributed by atoms with Crippen LogP contribution in [0.25, 0.3) is 0 Å². The van der Waals surface area contributed by atoms with E-state index in [0.717, 1.165) is 12.1 Å². The number of alkyl halides is 3. The zero-order valence-electron chi connectivity index (χ0n) is 11.6. The molecule has 0 aliphatic carbocycles. The van der Waals surface area contributed by atoms with Crippen LogP contribution >= 0.6 is 11.6 Å². The number of halogens is 5. The lowest BCUT2D eigenvalue weighted by molar-refractivity contribution is -0.137. The second kappa shape index (κ2) is 6.54. The lowest BCUT2D eigenvalue weighted by atomic mass is 10.1. The van der Waals surface area contributed by atoms with Crippen molar-refractivity contribution < 1.29 is 27.2 Å². The summed E-state index contributed by atoms with van der Waals surface area (Å²) in [7, 11) is 0. The first-order valence-corrected chi connectivity index (χ1v) is 6.61. The lowest BCUT2D eigenvalue weighted by Crippen LogP contribution is -2.43. The van der Waals surface area contributed by atoms with Crippen LogP contribution in [-0.2, 0) is 6.18 Å². The summed E-state index contributed by atoms with van der Waals surface area (Å²) in [6.07, 6.45) is -4.35. The third-order valence-corrected chi connectivity index (χ3v) is 3.24. The van der Waals surface area contributed by atoms with Gasteiger partial charge in [0.05, 0.1) is 16.7 Å². The van der Waals surface area contributed by atoms with Gasteiger partial charge < -0.3 is 0 Å². The first-order chi connectivity index (χ1) is 11.1. The minimum Gasteiger partial charge on any atom is -0.267 e. The summed E-state index contributed by atoms with van der Waals surface area (Å²) in [5.41, 5.74) is -2.51. The number of amides is 2. The van der Waals surface area contributed by atoms with Gasteiger partial charge in [0.25, 0.3) is 11.8 Å². The quantitative estimate of drug-likeness (QED) is 0.223. The maximum absolute atomic E-state index is 13.6. The van der Waals surface area contributed by atoms with E-state index in [0.29, 0.717) is 12.3 Å². The molecule has 2 amide bonds. The number of carbonyl (C=O) groups is 2. The third-order valence-electron chi connectivity index (χ3n) is 2.94. The average Bonchev–Trinajstić information content (AvgIpc) is 2.52. The Morgan fingerprint density at radius 1 is 1.12 bits per heavy atom. The number of benzene rings is 1. The molecule has 1 heterocycles. The number of hydrogen-bond acceptors (Lipinski definition) is 4. The minimum absolute atomic E-state index is 0.0263.